The number of pyridine rings is 1. The number of aromatic nitrogens is 3. The normalized spacial score (nSPS) is 15.3. The van der Waals surface area contributed by atoms with E-state index in [4.69, 9.17) is 4.74 Å². The van der Waals surface area contributed by atoms with Gasteiger partial charge in [-0.2, -0.15) is 0 Å². The van der Waals surface area contributed by atoms with Crippen LogP contribution in [0.2, 0.25) is 0 Å². The number of methoxy groups -OCH3 is 1. The van der Waals surface area contributed by atoms with E-state index in [1.807, 2.05) is 12.1 Å². The standard InChI is InChI=1S/C15H16IN3O2/c1-21-11-8-4-7-10(17-11)14-18-13(9-5-2-3-6-9)12(16)15(20)19-14/h4,7-9H,2-3,5-6H2,1H3,(H,18,19,20). The number of hydrogen-bond acceptors (Lipinski definition) is 4. The summed E-state index contributed by atoms with van der Waals surface area (Å²) in [6, 6.07) is 5.44. The number of H-pyrrole nitrogens is 1. The van der Waals surface area contributed by atoms with Crippen LogP contribution in [0, 0.1) is 3.57 Å². The van der Waals surface area contributed by atoms with Crippen LogP contribution >= 0.6 is 22.6 Å². The summed E-state index contributed by atoms with van der Waals surface area (Å²) in [4.78, 5) is 24.0. The third kappa shape index (κ3) is 2.95. The minimum Gasteiger partial charge on any atom is -0.481 e. The van der Waals surface area contributed by atoms with Gasteiger partial charge in [0.15, 0.2) is 5.82 Å². The Morgan fingerprint density at radius 2 is 2.05 bits per heavy atom. The zero-order chi connectivity index (χ0) is 14.8. The Morgan fingerprint density at radius 3 is 2.76 bits per heavy atom. The zero-order valence-electron chi connectivity index (χ0n) is 11.7. The first-order valence-corrected chi connectivity index (χ1v) is 8.08. The summed E-state index contributed by atoms with van der Waals surface area (Å²) < 4.78 is 5.83. The molecule has 1 aliphatic carbocycles. The van der Waals surface area contributed by atoms with Crippen molar-refractivity contribution in [2.45, 2.75) is 31.6 Å². The lowest BCUT2D eigenvalue weighted by molar-refractivity contribution is 0.398. The van der Waals surface area contributed by atoms with Crippen molar-refractivity contribution in [1.82, 2.24) is 15.0 Å². The lowest BCUT2D eigenvalue weighted by Crippen LogP contribution is -2.18. The van der Waals surface area contributed by atoms with E-state index in [1.165, 1.54) is 12.8 Å². The van der Waals surface area contributed by atoms with E-state index in [9.17, 15) is 4.79 Å². The molecule has 1 N–H and O–H groups in total. The molecule has 3 rings (SSSR count). The number of nitrogens with one attached hydrogen (secondary N) is 1. The molecule has 21 heavy (non-hydrogen) atoms. The highest BCUT2D eigenvalue weighted by Crippen LogP contribution is 2.34. The second-order valence-corrected chi connectivity index (χ2v) is 6.24. The molecule has 110 valence electrons. The van der Waals surface area contributed by atoms with Gasteiger partial charge in [-0.05, 0) is 41.5 Å². The fraction of sp³-hybridized carbons (Fsp3) is 0.400. The second kappa shape index (κ2) is 6.13. The summed E-state index contributed by atoms with van der Waals surface area (Å²) in [6.45, 7) is 0. The highest BCUT2D eigenvalue weighted by Gasteiger charge is 2.23. The van der Waals surface area contributed by atoms with Gasteiger partial charge in [0.1, 0.15) is 9.26 Å². The van der Waals surface area contributed by atoms with E-state index >= 15 is 0 Å². The van der Waals surface area contributed by atoms with Gasteiger partial charge in [0.2, 0.25) is 5.88 Å². The van der Waals surface area contributed by atoms with E-state index in [1.54, 1.807) is 13.2 Å². The molecule has 0 amide bonds. The number of rotatable bonds is 3. The number of hydrogen-bond donors (Lipinski definition) is 1. The molecule has 0 unspecified atom stereocenters. The third-order valence-electron chi connectivity index (χ3n) is 3.81. The summed E-state index contributed by atoms with van der Waals surface area (Å²) in [7, 11) is 1.57. The minimum absolute atomic E-state index is 0.0906. The van der Waals surface area contributed by atoms with Crippen LogP contribution in [0.5, 0.6) is 5.88 Å². The van der Waals surface area contributed by atoms with Crippen LogP contribution in [-0.4, -0.2) is 22.1 Å². The summed E-state index contributed by atoms with van der Waals surface area (Å²) in [5.74, 6) is 1.42. The number of aromatic amines is 1. The molecule has 6 heteroatoms. The van der Waals surface area contributed by atoms with Crippen molar-refractivity contribution in [2.24, 2.45) is 0 Å². The molecule has 1 fully saturated rings. The van der Waals surface area contributed by atoms with Crippen LogP contribution in [-0.2, 0) is 0 Å². The number of ether oxygens (including phenoxy) is 1. The maximum atomic E-state index is 12.2. The minimum atomic E-state index is -0.0906. The van der Waals surface area contributed by atoms with Crippen LogP contribution in [0.4, 0.5) is 0 Å². The number of halogens is 1. The average molecular weight is 397 g/mol. The van der Waals surface area contributed by atoms with Crippen LogP contribution < -0.4 is 10.3 Å². The fourth-order valence-electron chi connectivity index (χ4n) is 2.73. The van der Waals surface area contributed by atoms with Crippen LogP contribution in [0.15, 0.2) is 23.0 Å². The molecule has 0 saturated heterocycles. The maximum absolute atomic E-state index is 12.2. The molecule has 2 heterocycles. The van der Waals surface area contributed by atoms with Crippen LogP contribution in [0.3, 0.4) is 0 Å². The fourth-order valence-corrected chi connectivity index (χ4v) is 3.42. The van der Waals surface area contributed by atoms with Crippen molar-refractivity contribution in [1.29, 1.82) is 0 Å². The smallest absolute Gasteiger partial charge is 0.264 e. The van der Waals surface area contributed by atoms with E-state index in [0.717, 1.165) is 18.5 Å². The van der Waals surface area contributed by atoms with E-state index < -0.39 is 0 Å². The summed E-state index contributed by atoms with van der Waals surface area (Å²) in [5.41, 5.74) is 1.45. The Hall–Kier alpha value is -1.44. The quantitative estimate of drug-likeness (QED) is 0.809. The van der Waals surface area contributed by atoms with Crippen molar-refractivity contribution in [3.05, 3.63) is 37.8 Å². The first-order valence-electron chi connectivity index (χ1n) is 7.00. The SMILES string of the molecule is COc1cccc(-c2nc(C3CCCC3)c(I)c(=O)[nH]2)n1. The second-order valence-electron chi connectivity index (χ2n) is 5.16. The predicted molar refractivity (Wildman–Crippen MR) is 88.6 cm³/mol. The summed E-state index contributed by atoms with van der Waals surface area (Å²) >= 11 is 2.09. The van der Waals surface area contributed by atoms with Gasteiger partial charge < -0.3 is 9.72 Å². The van der Waals surface area contributed by atoms with Gasteiger partial charge in [0, 0.05) is 12.0 Å². The Labute approximate surface area is 136 Å². The van der Waals surface area contributed by atoms with Gasteiger partial charge in [-0.1, -0.05) is 18.9 Å². The largest absolute Gasteiger partial charge is 0.481 e. The topological polar surface area (TPSA) is 67.9 Å². The molecule has 5 nitrogen and oxygen atoms in total. The Morgan fingerprint density at radius 1 is 1.29 bits per heavy atom. The van der Waals surface area contributed by atoms with Crippen molar-refractivity contribution >= 4 is 22.6 Å². The third-order valence-corrected chi connectivity index (χ3v) is 4.85. The molecule has 0 radical (unpaired) electrons. The highest BCUT2D eigenvalue weighted by molar-refractivity contribution is 14.1. The van der Waals surface area contributed by atoms with Crippen molar-refractivity contribution in [2.75, 3.05) is 7.11 Å². The first-order chi connectivity index (χ1) is 10.2. The van der Waals surface area contributed by atoms with E-state index in [2.05, 4.69) is 37.5 Å². The first kappa shape index (κ1) is 14.5. The monoisotopic (exact) mass is 397 g/mol. The average Bonchev–Trinajstić information content (AvgIpc) is 3.04. The predicted octanol–water partition coefficient (Wildman–Crippen LogP) is 3.10. The van der Waals surface area contributed by atoms with Gasteiger partial charge in [-0.3, -0.25) is 4.79 Å². The van der Waals surface area contributed by atoms with Gasteiger partial charge in [-0.15, -0.1) is 0 Å². The Balaban J connectivity index is 2.08. The zero-order valence-corrected chi connectivity index (χ0v) is 13.9. The number of nitrogens with zero attached hydrogens (tertiary/aromatic N) is 2. The molecule has 1 aliphatic rings. The van der Waals surface area contributed by atoms with Crippen LogP contribution in [0.1, 0.15) is 37.3 Å². The lowest BCUT2D eigenvalue weighted by atomic mass is 10.0. The van der Waals surface area contributed by atoms with Crippen molar-refractivity contribution < 1.29 is 4.74 Å². The van der Waals surface area contributed by atoms with Crippen molar-refractivity contribution in [3.8, 4) is 17.4 Å². The van der Waals surface area contributed by atoms with Gasteiger partial charge in [0.25, 0.3) is 5.56 Å². The molecular weight excluding hydrogens is 381 g/mol. The van der Waals surface area contributed by atoms with Gasteiger partial charge >= 0.3 is 0 Å². The Kier molecular flexibility index (Phi) is 4.23. The van der Waals surface area contributed by atoms with E-state index in [0.29, 0.717) is 26.9 Å². The van der Waals surface area contributed by atoms with E-state index in [-0.39, 0.29) is 5.56 Å². The Bertz CT molecular complexity index is 708. The molecule has 0 spiro atoms. The molecule has 0 aromatic carbocycles. The molecule has 0 bridgehead atoms. The molecule has 1 saturated carbocycles. The lowest BCUT2D eigenvalue weighted by Gasteiger charge is -2.12. The molecular formula is C15H16IN3O2. The molecule has 0 aliphatic heterocycles. The van der Waals surface area contributed by atoms with Gasteiger partial charge in [-0.25, -0.2) is 9.97 Å². The summed E-state index contributed by atoms with van der Waals surface area (Å²) in [5, 5.41) is 0. The maximum Gasteiger partial charge on any atom is 0.264 e. The molecule has 2 aromatic rings. The highest BCUT2D eigenvalue weighted by atomic mass is 127. The van der Waals surface area contributed by atoms with Gasteiger partial charge in [0.05, 0.1) is 12.8 Å². The molecule has 2 aromatic heterocycles. The van der Waals surface area contributed by atoms with Crippen LogP contribution in [0.25, 0.3) is 11.5 Å². The van der Waals surface area contributed by atoms with Crippen molar-refractivity contribution in [3.63, 3.8) is 0 Å². The summed E-state index contributed by atoms with van der Waals surface area (Å²) in [6.07, 6.45) is 4.64. The molecule has 0 atom stereocenters.